The van der Waals surface area contributed by atoms with E-state index < -0.39 is 41.4 Å². The molecule has 0 spiro atoms. The van der Waals surface area contributed by atoms with E-state index in [1.807, 2.05) is 0 Å². The standard InChI is InChI=1S/C20H18F2N2O4/c1-3-20(12-4-6-13(21)7-5-12)18(26)24(19(27)23-20)11-16(25)15-10-14(22)8-9-17(15)28-2/h4-10H,3,11H2,1-2H3,(H,23,27)/t20-/m1/s1. The van der Waals surface area contributed by atoms with Gasteiger partial charge in [-0.3, -0.25) is 14.5 Å². The fourth-order valence-electron chi connectivity index (χ4n) is 3.27. The predicted molar refractivity (Wildman–Crippen MR) is 95.9 cm³/mol. The summed E-state index contributed by atoms with van der Waals surface area (Å²) in [6.07, 6.45) is 0.206. The number of hydrogen-bond donors (Lipinski definition) is 1. The van der Waals surface area contributed by atoms with Gasteiger partial charge in [0, 0.05) is 0 Å². The number of ether oxygens (including phenoxy) is 1. The molecule has 0 bridgehead atoms. The third kappa shape index (κ3) is 3.21. The number of carbonyl (C=O) groups excluding carboxylic acids is 3. The van der Waals surface area contributed by atoms with Gasteiger partial charge in [0.25, 0.3) is 5.91 Å². The molecule has 2 aromatic rings. The Labute approximate surface area is 160 Å². The zero-order chi connectivity index (χ0) is 20.5. The van der Waals surface area contributed by atoms with Crippen LogP contribution in [0.25, 0.3) is 0 Å². The van der Waals surface area contributed by atoms with Gasteiger partial charge in [0.2, 0.25) is 0 Å². The molecule has 1 aliphatic heterocycles. The van der Waals surface area contributed by atoms with E-state index in [2.05, 4.69) is 5.32 Å². The van der Waals surface area contributed by atoms with Crippen molar-refractivity contribution in [1.82, 2.24) is 10.2 Å². The van der Waals surface area contributed by atoms with E-state index >= 15 is 0 Å². The molecule has 0 saturated carbocycles. The largest absolute Gasteiger partial charge is 0.496 e. The molecule has 1 saturated heterocycles. The molecule has 1 aliphatic rings. The number of halogens is 2. The van der Waals surface area contributed by atoms with Crippen LogP contribution >= 0.6 is 0 Å². The van der Waals surface area contributed by atoms with Crippen LogP contribution in [0.4, 0.5) is 13.6 Å². The molecule has 0 aliphatic carbocycles. The minimum absolute atomic E-state index is 0.0705. The van der Waals surface area contributed by atoms with E-state index in [1.165, 1.54) is 37.4 Å². The zero-order valence-electron chi connectivity index (χ0n) is 15.3. The maximum atomic E-state index is 13.5. The van der Waals surface area contributed by atoms with Crippen molar-refractivity contribution >= 4 is 17.7 Å². The molecule has 0 aromatic heterocycles. The van der Waals surface area contributed by atoms with Crippen LogP contribution in [-0.2, 0) is 10.3 Å². The number of imide groups is 1. The van der Waals surface area contributed by atoms with Gasteiger partial charge >= 0.3 is 6.03 Å². The summed E-state index contributed by atoms with van der Waals surface area (Å²) < 4.78 is 31.8. The van der Waals surface area contributed by atoms with Crippen molar-refractivity contribution in [2.45, 2.75) is 18.9 Å². The fraction of sp³-hybridized carbons (Fsp3) is 0.250. The third-order valence-electron chi connectivity index (χ3n) is 4.81. The van der Waals surface area contributed by atoms with E-state index in [0.717, 1.165) is 17.0 Å². The summed E-state index contributed by atoms with van der Waals surface area (Å²) in [5, 5.41) is 2.61. The van der Waals surface area contributed by atoms with Gasteiger partial charge < -0.3 is 10.1 Å². The first-order valence-corrected chi connectivity index (χ1v) is 8.59. The lowest BCUT2D eigenvalue weighted by atomic mass is 9.87. The highest BCUT2D eigenvalue weighted by Gasteiger charge is 2.51. The molecule has 3 rings (SSSR count). The second-order valence-corrected chi connectivity index (χ2v) is 6.36. The summed E-state index contributed by atoms with van der Waals surface area (Å²) >= 11 is 0. The molecule has 1 heterocycles. The second kappa shape index (κ2) is 7.38. The van der Waals surface area contributed by atoms with E-state index in [4.69, 9.17) is 4.74 Å². The van der Waals surface area contributed by atoms with Gasteiger partial charge in [0.15, 0.2) is 5.78 Å². The summed E-state index contributed by atoms with van der Waals surface area (Å²) in [5.41, 5.74) is -1.05. The highest BCUT2D eigenvalue weighted by atomic mass is 19.1. The number of nitrogens with zero attached hydrogens (tertiary/aromatic N) is 1. The van der Waals surface area contributed by atoms with Crippen molar-refractivity contribution in [3.8, 4) is 5.75 Å². The molecule has 146 valence electrons. The van der Waals surface area contributed by atoms with Crippen LogP contribution in [0, 0.1) is 11.6 Å². The smallest absolute Gasteiger partial charge is 0.325 e. The van der Waals surface area contributed by atoms with Crippen LogP contribution in [0.15, 0.2) is 42.5 Å². The van der Waals surface area contributed by atoms with Crippen LogP contribution in [-0.4, -0.2) is 36.3 Å². The van der Waals surface area contributed by atoms with Gasteiger partial charge in [0.1, 0.15) is 22.9 Å². The van der Waals surface area contributed by atoms with E-state index in [9.17, 15) is 23.2 Å². The van der Waals surface area contributed by atoms with Crippen molar-refractivity contribution in [1.29, 1.82) is 0 Å². The molecule has 8 heteroatoms. The molecular weight excluding hydrogens is 370 g/mol. The Morgan fingerprint density at radius 1 is 1.11 bits per heavy atom. The monoisotopic (exact) mass is 388 g/mol. The number of methoxy groups -OCH3 is 1. The lowest BCUT2D eigenvalue weighted by Gasteiger charge is -2.25. The summed E-state index contributed by atoms with van der Waals surface area (Å²) in [6, 6.07) is 7.89. The van der Waals surface area contributed by atoms with Crippen molar-refractivity contribution in [2.24, 2.45) is 0 Å². The Morgan fingerprint density at radius 3 is 2.36 bits per heavy atom. The highest BCUT2D eigenvalue weighted by molar-refractivity contribution is 6.11. The molecule has 6 nitrogen and oxygen atoms in total. The van der Waals surface area contributed by atoms with Crippen LogP contribution < -0.4 is 10.1 Å². The number of ketones is 1. The average Bonchev–Trinajstić information content (AvgIpc) is 2.93. The molecule has 1 fully saturated rings. The first-order chi connectivity index (χ1) is 13.3. The first-order valence-electron chi connectivity index (χ1n) is 8.59. The van der Waals surface area contributed by atoms with Gasteiger partial charge in [-0.25, -0.2) is 13.6 Å². The third-order valence-corrected chi connectivity index (χ3v) is 4.81. The van der Waals surface area contributed by atoms with Crippen molar-refractivity contribution < 1.29 is 27.9 Å². The zero-order valence-corrected chi connectivity index (χ0v) is 15.3. The molecule has 3 amide bonds. The second-order valence-electron chi connectivity index (χ2n) is 6.36. The van der Waals surface area contributed by atoms with Crippen LogP contribution in [0.3, 0.4) is 0 Å². The molecule has 0 radical (unpaired) electrons. The average molecular weight is 388 g/mol. The van der Waals surface area contributed by atoms with Crippen molar-refractivity contribution in [3.05, 3.63) is 65.2 Å². The van der Waals surface area contributed by atoms with Crippen LogP contribution in [0.5, 0.6) is 5.75 Å². The summed E-state index contributed by atoms with van der Waals surface area (Å²) in [7, 11) is 1.33. The van der Waals surface area contributed by atoms with Gasteiger partial charge in [-0.05, 0) is 42.3 Å². The van der Waals surface area contributed by atoms with E-state index in [-0.39, 0.29) is 17.7 Å². The van der Waals surface area contributed by atoms with Gasteiger partial charge in [-0.1, -0.05) is 19.1 Å². The summed E-state index contributed by atoms with van der Waals surface area (Å²) in [4.78, 5) is 38.9. The fourth-order valence-corrected chi connectivity index (χ4v) is 3.27. The topological polar surface area (TPSA) is 75.7 Å². The molecule has 0 unspecified atom stereocenters. The van der Waals surface area contributed by atoms with Gasteiger partial charge in [0.05, 0.1) is 19.2 Å². The number of nitrogens with one attached hydrogen (secondary N) is 1. The maximum absolute atomic E-state index is 13.5. The predicted octanol–water partition coefficient (Wildman–Crippen LogP) is 3.01. The van der Waals surface area contributed by atoms with Crippen molar-refractivity contribution in [2.75, 3.05) is 13.7 Å². The Hall–Kier alpha value is -3.29. The molecule has 28 heavy (non-hydrogen) atoms. The van der Waals surface area contributed by atoms with Gasteiger partial charge in [-0.15, -0.1) is 0 Å². The molecule has 1 N–H and O–H groups in total. The Kier molecular flexibility index (Phi) is 5.13. The molecule has 2 aromatic carbocycles. The maximum Gasteiger partial charge on any atom is 0.325 e. The quantitative estimate of drug-likeness (QED) is 0.610. The lowest BCUT2D eigenvalue weighted by Crippen LogP contribution is -2.43. The lowest BCUT2D eigenvalue weighted by molar-refractivity contribution is -0.131. The van der Waals surface area contributed by atoms with Crippen LogP contribution in [0.1, 0.15) is 29.3 Å². The van der Waals surface area contributed by atoms with Crippen LogP contribution in [0.2, 0.25) is 0 Å². The molecule has 1 atom stereocenters. The minimum Gasteiger partial charge on any atom is -0.496 e. The Balaban J connectivity index is 1.91. The summed E-state index contributed by atoms with van der Waals surface area (Å²) in [6.45, 7) is 1.12. The number of rotatable bonds is 6. The van der Waals surface area contributed by atoms with E-state index in [1.54, 1.807) is 6.92 Å². The number of Topliss-reactive ketones (excluding diaryl/α,β-unsaturated/α-hetero) is 1. The first kappa shape index (κ1) is 19.5. The number of amides is 3. The van der Waals surface area contributed by atoms with Crippen molar-refractivity contribution in [3.63, 3.8) is 0 Å². The number of urea groups is 1. The summed E-state index contributed by atoms with van der Waals surface area (Å²) in [5.74, 6) is -2.26. The number of carbonyl (C=O) groups is 3. The SMILES string of the molecule is CC[C@]1(c2ccc(F)cc2)NC(=O)N(CC(=O)c2cc(F)ccc2OC)C1=O. The minimum atomic E-state index is -1.39. The number of benzene rings is 2. The number of hydrogen-bond acceptors (Lipinski definition) is 4. The Bertz CT molecular complexity index is 946. The molecular formula is C20H18F2N2O4. The van der Waals surface area contributed by atoms with Gasteiger partial charge in [-0.2, -0.15) is 0 Å². The normalized spacial score (nSPS) is 18.9. The Morgan fingerprint density at radius 2 is 1.75 bits per heavy atom. The highest BCUT2D eigenvalue weighted by Crippen LogP contribution is 2.33. The van der Waals surface area contributed by atoms with E-state index in [0.29, 0.717) is 5.56 Å².